The summed E-state index contributed by atoms with van der Waals surface area (Å²) in [5, 5.41) is 3.11. The Morgan fingerprint density at radius 1 is 1.10 bits per heavy atom. The van der Waals surface area contributed by atoms with E-state index in [2.05, 4.69) is 5.32 Å². The Morgan fingerprint density at radius 3 is 2.48 bits per heavy atom. The largest absolute Gasteiger partial charge is 0.454 e. The highest BCUT2D eigenvalue weighted by Crippen LogP contribution is 2.34. The molecule has 0 aliphatic carbocycles. The summed E-state index contributed by atoms with van der Waals surface area (Å²) in [4.78, 5) is 0. The molecule has 0 aliphatic heterocycles. The number of halogens is 4. The van der Waals surface area contributed by atoms with Crippen LogP contribution >= 0.6 is 23.2 Å². The predicted octanol–water partition coefficient (Wildman–Crippen LogP) is 5.09. The van der Waals surface area contributed by atoms with Gasteiger partial charge in [-0.15, -0.1) is 0 Å². The van der Waals surface area contributed by atoms with Crippen LogP contribution in [0.1, 0.15) is 11.1 Å². The van der Waals surface area contributed by atoms with E-state index in [0.29, 0.717) is 17.1 Å². The number of nitrogens with one attached hydrogen (secondary N) is 1. The van der Waals surface area contributed by atoms with Crippen molar-refractivity contribution in [2.24, 2.45) is 0 Å². The summed E-state index contributed by atoms with van der Waals surface area (Å²) in [5.41, 5.74) is 0.823. The van der Waals surface area contributed by atoms with Crippen molar-refractivity contribution < 1.29 is 13.5 Å². The van der Waals surface area contributed by atoms with Crippen molar-refractivity contribution in [2.45, 2.75) is 13.5 Å². The molecule has 0 bridgehead atoms. The van der Waals surface area contributed by atoms with E-state index in [4.69, 9.17) is 27.9 Å². The molecule has 1 N–H and O–H groups in total. The number of benzene rings is 2. The molecule has 21 heavy (non-hydrogen) atoms. The van der Waals surface area contributed by atoms with Gasteiger partial charge < -0.3 is 10.1 Å². The summed E-state index contributed by atoms with van der Waals surface area (Å²) in [6.07, 6.45) is 0. The topological polar surface area (TPSA) is 21.3 Å². The summed E-state index contributed by atoms with van der Waals surface area (Å²) in [5.74, 6) is -0.811. The van der Waals surface area contributed by atoms with Crippen molar-refractivity contribution in [3.8, 4) is 11.5 Å². The van der Waals surface area contributed by atoms with E-state index in [1.807, 2.05) is 0 Å². The van der Waals surface area contributed by atoms with Crippen molar-refractivity contribution in [1.29, 1.82) is 0 Å². The molecule has 0 unspecified atom stereocenters. The molecular weight excluding hydrogens is 319 g/mol. The van der Waals surface area contributed by atoms with Crippen molar-refractivity contribution in [3.63, 3.8) is 0 Å². The van der Waals surface area contributed by atoms with Crippen LogP contribution < -0.4 is 10.1 Å². The fourth-order valence-corrected chi connectivity index (χ4v) is 2.13. The van der Waals surface area contributed by atoms with Gasteiger partial charge in [-0.1, -0.05) is 23.2 Å². The Labute approximate surface area is 131 Å². The lowest BCUT2D eigenvalue weighted by Crippen LogP contribution is -2.07. The minimum atomic E-state index is -0.557. The van der Waals surface area contributed by atoms with Crippen LogP contribution in [0, 0.1) is 18.6 Å². The van der Waals surface area contributed by atoms with E-state index in [-0.39, 0.29) is 22.1 Å². The lowest BCUT2D eigenvalue weighted by molar-refractivity contribution is 0.433. The van der Waals surface area contributed by atoms with Gasteiger partial charge >= 0.3 is 0 Å². The quantitative estimate of drug-likeness (QED) is 0.842. The van der Waals surface area contributed by atoms with E-state index in [0.717, 1.165) is 0 Å². The number of hydrogen-bond donors (Lipinski definition) is 1. The fourth-order valence-electron chi connectivity index (χ4n) is 1.83. The summed E-state index contributed by atoms with van der Waals surface area (Å²) in [6.45, 7) is 1.91. The predicted molar refractivity (Wildman–Crippen MR) is 80.4 cm³/mol. The van der Waals surface area contributed by atoms with E-state index in [1.165, 1.54) is 24.3 Å². The van der Waals surface area contributed by atoms with E-state index in [9.17, 15) is 8.78 Å². The van der Waals surface area contributed by atoms with Gasteiger partial charge in [0, 0.05) is 28.8 Å². The molecule has 2 aromatic rings. The zero-order valence-corrected chi connectivity index (χ0v) is 12.9. The third-order valence-corrected chi connectivity index (χ3v) is 3.67. The summed E-state index contributed by atoms with van der Waals surface area (Å²) in [7, 11) is 1.71. The third kappa shape index (κ3) is 3.46. The number of ether oxygens (including phenoxy) is 1. The average molecular weight is 332 g/mol. The van der Waals surface area contributed by atoms with Gasteiger partial charge in [0.05, 0.1) is 5.02 Å². The van der Waals surface area contributed by atoms with Crippen LogP contribution in [0.2, 0.25) is 10.0 Å². The second-order valence-electron chi connectivity index (χ2n) is 4.49. The van der Waals surface area contributed by atoms with Crippen LogP contribution in [0.25, 0.3) is 0 Å². The van der Waals surface area contributed by atoms with Gasteiger partial charge in [-0.2, -0.15) is 0 Å². The Morgan fingerprint density at radius 2 is 1.81 bits per heavy atom. The monoisotopic (exact) mass is 331 g/mol. The van der Waals surface area contributed by atoms with Crippen LogP contribution in [0.15, 0.2) is 24.3 Å². The number of rotatable bonds is 4. The molecule has 112 valence electrons. The highest BCUT2D eigenvalue weighted by molar-refractivity contribution is 6.31. The van der Waals surface area contributed by atoms with Crippen LogP contribution in [0.4, 0.5) is 8.78 Å². The first-order chi connectivity index (χ1) is 9.93. The van der Waals surface area contributed by atoms with Crippen molar-refractivity contribution in [1.82, 2.24) is 5.32 Å². The van der Waals surface area contributed by atoms with E-state index in [1.54, 1.807) is 14.0 Å². The first kappa shape index (κ1) is 16.0. The molecule has 0 aromatic heterocycles. The van der Waals surface area contributed by atoms with Gasteiger partial charge in [0.15, 0.2) is 11.6 Å². The molecule has 2 aromatic carbocycles. The van der Waals surface area contributed by atoms with Crippen LogP contribution in [0.3, 0.4) is 0 Å². The summed E-state index contributed by atoms with van der Waals surface area (Å²) < 4.78 is 33.2. The normalized spacial score (nSPS) is 10.8. The van der Waals surface area contributed by atoms with Gasteiger partial charge in [-0.05, 0) is 32.2 Å². The first-order valence-electron chi connectivity index (χ1n) is 6.19. The van der Waals surface area contributed by atoms with E-state index >= 15 is 0 Å². The fraction of sp³-hybridized carbons (Fsp3) is 0.200. The molecule has 2 nitrogen and oxygen atoms in total. The maximum atomic E-state index is 14.1. The molecule has 0 saturated carbocycles. The summed E-state index contributed by atoms with van der Waals surface area (Å²) >= 11 is 11.6. The van der Waals surface area contributed by atoms with Crippen molar-refractivity contribution in [2.75, 3.05) is 7.05 Å². The van der Waals surface area contributed by atoms with Gasteiger partial charge in [0.2, 0.25) is 0 Å². The molecule has 0 heterocycles. The molecule has 0 amide bonds. The molecule has 0 fully saturated rings. The van der Waals surface area contributed by atoms with Crippen molar-refractivity contribution in [3.05, 3.63) is 57.1 Å². The minimum Gasteiger partial charge on any atom is -0.454 e. The Bertz CT molecular complexity index is 677. The second kappa shape index (κ2) is 6.60. The van der Waals surface area contributed by atoms with E-state index < -0.39 is 11.6 Å². The van der Waals surface area contributed by atoms with Crippen LogP contribution in [0.5, 0.6) is 11.5 Å². The smallest absolute Gasteiger partial charge is 0.170 e. The number of hydrogen-bond acceptors (Lipinski definition) is 2. The third-order valence-electron chi connectivity index (χ3n) is 2.98. The zero-order chi connectivity index (χ0) is 15.6. The zero-order valence-electron chi connectivity index (χ0n) is 11.4. The Hall–Kier alpha value is -1.36. The highest BCUT2D eigenvalue weighted by Gasteiger charge is 2.14. The Balaban J connectivity index is 2.43. The van der Waals surface area contributed by atoms with Crippen LogP contribution in [-0.4, -0.2) is 7.05 Å². The van der Waals surface area contributed by atoms with Crippen molar-refractivity contribution >= 4 is 23.2 Å². The second-order valence-corrected chi connectivity index (χ2v) is 5.31. The van der Waals surface area contributed by atoms with Gasteiger partial charge in [0.1, 0.15) is 11.6 Å². The Kier molecular flexibility index (Phi) is 5.04. The molecule has 0 aliphatic rings. The molecule has 6 heteroatoms. The first-order valence-corrected chi connectivity index (χ1v) is 6.94. The van der Waals surface area contributed by atoms with Crippen LogP contribution in [-0.2, 0) is 6.54 Å². The average Bonchev–Trinajstić information content (AvgIpc) is 2.45. The molecule has 0 saturated heterocycles. The lowest BCUT2D eigenvalue weighted by Gasteiger charge is -2.14. The standard InChI is InChI=1S/C15H13Cl2F2NO/c1-8-10(16)3-4-13(15(8)19)21-14-6-11(17)12(18)5-9(14)7-20-2/h3-6,20H,7H2,1-2H3. The van der Waals surface area contributed by atoms with Gasteiger partial charge in [-0.25, -0.2) is 8.78 Å². The maximum absolute atomic E-state index is 14.1. The molecule has 0 spiro atoms. The maximum Gasteiger partial charge on any atom is 0.170 e. The lowest BCUT2D eigenvalue weighted by atomic mass is 10.2. The molecule has 0 atom stereocenters. The van der Waals surface area contributed by atoms with Gasteiger partial charge in [0.25, 0.3) is 0 Å². The molecule has 0 radical (unpaired) electrons. The SMILES string of the molecule is CNCc1cc(F)c(Cl)cc1Oc1ccc(Cl)c(C)c1F. The summed E-state index contributed by atoms with van der Waals surface area (Å²) in [6, 6.07) is 5.55. The van der Waals surface area contributed by atoms with Gasteiger partial charge in [-0.3, -0.25) is 0 Å². The molecular formula is C15H13Cl2F2NO. The minimum absolute atomic E-state index is 0.0110. The molecule has 2 rings (SSSR count). The highest BCUT2D eigenvalue weighted by atomic mass is 35.5.